The number of halogens is 1. The van der Waals surface area contributed by atoms with E-state index in [4.69, 9.17) is 11.6 Å². The van der Waals surface area contributed by atoms with Gasteiger partial charge in [-0.25, -0.2) is 13.4 Å². The Kier molecular flexibility index (Phi) is 5.41. The third-order valence-electron chi connectivity index (χ3n) is 3.87. The summed E-state index contributed by atoms with van der Waals surface area (Å²) in [4.78, 5) is 4.02. The fourth-order valence-corrected chi connectivity index (χ4v) is 3.94. The van der Waals surface area contributed by atoms with Crippen molar-refractivity contribution in [2.75, 3.05) is 13.6 Å². The number of alkyl halides is 1. The largest absolute Gasteiger partial charge is 0.260 e. The van der Waals surface area contributed by atoms with E-state index in [1.807, 2.05) is 0 Å². The summed E-state index contributed by atoms with van der Waals surface area (Å²) in [6.07, 6.45) is 7.46. The van der Waals surface area contributed by atoms with E-state index in [-0.39, 0.29) is 5.03 Å². The quantitative estimate of drug-likeness (QED) is 0.785. The van der Waals surface area contributed by atoms with Crippen LogP contribution < -0.4 is 0 Å². The number of aromatic nitrogens is 1. The highest BCUT2D eigenvalue weighted by Gasteiger charge is 2.25. The maximum Gasteiger partial charge on any atom is 0.260 e. The van der Waals surface area contributed by atoms with Gasteiger partial charge in [-0.15, -0.1) is 11.6 Å². The van der Waals surface area contributed by atoms with Crippen molar-refractivity contribution in [2.24, 2.45) is 5.92 Å². The van der Waals surface area contributed by atoms with Crippen LogP contribution in [0.3, 0.4) is 0 Å². The van der Waals surface area contributed by atoms with Crippen molar-refractivity contribution in [1.29, 1.82) is 0 Å². The molecule has 1 aromatic heterocycles. The molecule has 0 spiro atoms. The Bertz CT molecular complexity index is 525. The van der Waals surface area contributed by atoms with Gasteiger partial charge in [-0.1, -0.05) is 25.3 Å². The third-order valence-corrected chi connectivity index (χ3v) is 5.91. The lowest BCUT2D eigenvalue weighted by molar-refractivity contribution is 0.299. The molecule has 2 rings (SSSR count). The van der Waals surface area contributed by atoms with Gasteiger partial charge >= 0.3 is 0 Å². The zero-order valence-electron chi connectivity index (χ0n) is 11.8. The molecular formula is C14H21ClN2O2S. The van der Waals surface area contributed by atoms with Crippen LogP contribution in [0.1, 0.15) is 37.7 Å². The Hall–Kier alpha value is -0.650. The van der Waals surface area contributed by atoms with E-state index in [1.54, 1.807) is 13.1 Å². The highest BCUT2D eigenvalue weighted by molar-refractivity contribution is 7.89. The number of hydrogen-bond acceptors (Lipinski definition) is 3. The summed E-state index contributed by atoms with van der Waals surface area (Å²) in [5, 5.41) is 0.102. The van der Waals surface area contributed by atoms with E-state index in [1.165, 1.54) is 35.8 Å². The Labute approximate surface area is 126 Å². The van der Waals surface area contributed by atoms with Gasteiger partial charge in [-0.2, -0.15) is 4.31 Å². The summed E-state index contributed by atoms with van der Waals surface area (Å²) in [7, 11) is -1.84. The molecule has 0 atom stereocenters. The smallest absolute Gasteiger partial charge is 0.243 e. The van der Waals surface area contributed by atoms with E-state index in [2.05, 4.69) is 4.98 Å². The maximum atomic E-state index is 12.4. The first-order valence-electron chi connectivity index (χ1n) is 7.01. The van der Waals surface area contributed by atoms with Crippen molar-refractivity contribution in [3.8, 4) is 0 Å². The van der Waals surface area contributed by atoms with E-state index in [0.717, 1.165) is 18.4 Å². The predicted octanol–water partition coefficient (Wildman–Crippen LogP) is 3.02. The second-order valence-corrected chi connectivity index (χ2v) is 7.69. The number of nitrogens with zero attached hydrogens (tertiary/aromatic N) is 2. The molecule has 1 aliphatic rings. The first-order chi connectivity index (χ1) is 9.54. The van der Waals surface area contributed by atoms with Gasteiger partial charge in [0.1, 0.15) is 0 Å². The maximum absolute atomic E-state index is 12.4. The van der Waals surface area contributed by atoms with Crippen LogP contribution in [0, 0.1) is 5.92 Å². The lowest BCUT2D eigenvalue weighted by Gasteiger charge is -2.26. The molecule has 1 heterocycles. The van der Waals surface area contributed by atoms with Crippen molar-refractivity contribution in [3.63, 3.8) is 0 Å². The molecule has 4 nitrogen and oxygen atoms in total. The second kappa shape index (κ2) is 6.87. The monoisotopic (exact) mass is 316 g/mol. The standard InChI is InChI=1S/C14H21ClN2O2S/c1-17(11-12-5-3-2-4-6-12)20(18,19)14-8-7-13(9-15)10-16-14/h7-8,10,12H,2-6,9,11H2,1H3. The van der Waals surface area contributed by atoms with Gasteiger partial charge in [-0.3, -0.25) is 0 Å². The first kappa shape index (κ1) is 15.7. The van der Waals surface area contributed by atoms with E-state index in [9.17, 15) is 8.42 Å². The fourth-order valence-electron chi connectivity index (χ4n) is 2.63. The number of sulfonamides is 1. The molecule has 0 aromatic carbocycles. The molecule has 0 bridgehead atoms. The molecule has 0 saturated heterocycles. The first-order valence-corrected chi connectivity index (χ1v) is 8.98. The SMILES string of the molecule is CN(CC1CCCCC1)S(=O)(=O)c1ccc(CCl)cn1. The van der Waals surface area contributed by atoms with E-state index < -0.39 is 10.0 Å². The number of hydrogen-bond donors (Lipinski definition) is 0. The van der Waals surface area contributed by atoms with Gasteiger partial charge in [-0.05, 0) is 30.4 Å². The van der Waals surface area contributed by atoms with Crippen LogP contribution in [0.15, 0.2) is 23.4 Å². The van der Waals surface area contributed by atoms with Crippen LogP contribution in [0.2, 0.25) is 0 Å². The van der Waals surface area contributed by atoms with Crippen molar-refractivity contribution >= 4 is 21.6 Å². The molecular weight excluding hydrogens is 296 g/mol. The summed E-state index contributed by atoms with van der Waals surface area (Å²) in [5.74, 6) is 0.816. The lowest BCUT2D eigenvalue weighted by Crippen LogP contribution is -2.33. The minimum atomic E-state index is -3.48. The topological polar surface area (TPSA) is 50.3 Å². The Morgan fingerprint density at radius 2 is 2.00 bits per heavy atom. The van der Waals surface area contributed by atoms with E-state index in [0.29, 0.717) is 18.3 Å². The Morgan fingerprint density at radius 1 is 1.30 bits per heavy atom. The van der Waals surface area contributed by atoms with Gasteiger partial charge < -0.3 is 0 Å². The van der Waals surface area contributed by atoms with Gasteiger partial charge in [0.2, 0.25) is 0 Å². The third kappa shape index (κ3) is 3.71. The normalized spacial score (nSPS) is 17.6. The summed E-state index contributed by atoms with van der Waals surface area (Å²) in [6, 6.07) is 3.24. The average molecular weight is 317 g/mol. The molecule has 1 aliphatic carbocycles. The molecule has 0 aliphatic heterocycles. The Morgan fingerprint density at radius 3 is 2.55 bits per heavy atom. The molecule has 6 heteroatoms. The van der Waals surface area contributed by atoms with Crippen molar-refractivity contribution < 1.29 is 8.42 Å². The highest BCUT2D eigenvalue weighted by Crippen LogP contribution is 2.25. The van der Waals surface area contributed by atoms with Crippen LogP contribution in [0.5, 0.6) is 0 Å². The van der Waals surface area contributed by atoms with Crippen LogP contribution in [-0.4, -0.2) is 31.3 Å². The van der Waals surface area contributed by atoms with Gasteiger partial charge in [0, 0.05) is 25.7 Å². The summed E-state index contributed by atoms with van der Waals surface area (Å²) >= 11 is 5.69. The molecule has 0 unspecified atom stereocenters. The molecule has 112 valence electrons. The summed E-state index contributed by atoms with van der Waals surface area (Å²) in [6.45, 7) is 0.585. The zero-order valence-corrected chi connectivity index (χ0v) is 13.3. The molecule has 0 N–H and O–H groups in total. The number of rotatable bonds is 5. The minimum Gasteiger partial charge on any atom is -0.243 e. The molecule has 20 heavy (non-hydrogen) atoms. The van der Waals surface area contributed by atoms with Gasteiger partial charge in [0.25, 0.3) is 10.0 Å². The van der Waals surface area contributed by atoms with Crippen LogP contribution >= 0.6 is 11.6 Å². The van der Waals surface area contributed by atoms with Gasteiger partial charge in [0.05, 0.1) is 0 Å². The second-order valence-electron chi connectivity index (χ2n) is 5.43. The Balaban J connectivity index is 2.07. The lowest BCUT2D eigenvalue weighted by atomic mass is 9.89. The molecule has 0 radical (unpaired) electrons. The zero-order chi connectivity index (χ0) is 14.6. The molecule has 1 fully saturated rings. The summed E-state index contributed by atoms with van der Waals surface area (Å²) in [5.41, 5.74) is 0.820. The molecule has 1 saturated carbocycles. The predicted molar refractivity (Wildman–Crippen MR) is 80.2 cm³/mol. The highest BCUT2D eigenvalue weighted by atomic mass is 35.5. The molecule has 0 amide bonds. The van der Waals surface area contributed by atoms with Gasteiger partial charge in [0.15, 0.2) is 5.03 Å². The average Bonchev–Trinajstić information content (AvgIpc) is 2.48. The van der Waals surface area contributed by atoms with Crippen molar-refractivity contribution in [2.45, 2.75) is 43.0 Å². The fraction of sp³-hybridized carbons (Fsp3) is 0.643. The molecule has 1 aromatic rings. The summed E-state index contributed by atoms with van der Waals surface area (Å²) < 4.78 is 26.3. The van der Waals surface area contributed by atoms with Crippen molar-refractivity contribution in [3.05, 3.63) is 23.9 Å². The van der Waals surface area contributed by atoms with Crippen molar-refractivity contribution in [1.82, 2.24) is 9.29 Å². The number of pyridine rings is 1. The van der Waals surface area contributed by atoms with E-state index >= 15 is 0 Å². The van der Waals surface area contributed by atoms with Crippen LogP contribution in [0.25, 0.3) is 0 Å². The van der Waals surface area contributed by atoms with Crippen LogP contribution in [-0.2, 0) is 15.9 Å². The minimum absolute atomic E-state index is 0.102. The van der Waals surface area contributed by atoms with Crippen LogP contribution in [0.4, 0.5) is 0 Å².